The third-order valence-electron chi connectivity index (χ3n) is 5.56. The third-order valence-corrected chi connectivity index (χ3v) is 7.34. The number of sulfonamides is 1. The quantitative estimate of drug-likeness (QED) is 0.663. The number of piperidine rings is 1. The molecule has 1 saturated heterocycles. The van der Waals surface area contributed by atoms with Gasteiger partial charge >= 0.3 is 0 Å². The van der Waals surface area contributed by atoms with E-state index in [2.05, 4.69) is 27.4 Å². The van der Waals surface area contributed by atoms with E-state index in [1.165, 1.54) is 0 Å². The molecule has 10 heteroatoms. The van der Waals surface area contributed by atoms with Crippen molar-refractivity contribution in [2.75, 3.05) is 13.1 Å². The molecular weight excluding hydrogens is 392 g/mol. The summed E-state index contributed by atoms with van der Waals surface area (Å²) in [5.41, 5.74) is -0.796. The van der Waals surface area contributed by atoms with E-state index in [1.807, 2.05) is 0 Å². The van der Waals surface area contributed by atoms with Crippen LogP contribution in [0.15, 0.2) is 9.42 Å². The highest BCUT2D eigenvalue weighted by Gasteiger charge is 2.46. The normalized spacial score (nSPS) is 25.0. The molecule has 0 aromatic carbocycles. The first-order chi connectivity index (χ1) is 12.3. The van der Waals surface area contributed by atoms with E-state index >= 15 is 0 Å². The second kappa shape index (κ2) is 8.46. The third kappa shape index (κ3) is 4.47. The SMILES string of the molecule is Cc1noc(C)c1S(=O)(=O)NC1(C(=O)NC2CCNCC2C)CCCC1.Cl. The van der Waals surface area contributed by atoms with Crippen LogP contribution in [0.25, 0.3) is 0 Å². The Balaban J connectivity index is 0.00000261. The maximum Gasteiger partial charge on any atom is 0.246 e. The van der Waals surface area contributed by atoms with Crippen LogP contribution in [-0.4, -0.2) is 44.2 Å². The van der Waals surface area contributed by atoms with Gasteiger partial charge in [-0.2, -0.15) is 4.72 Å². The molecule has 27 heavy (non-hydrogen) atoms. The van der Waals surface area contributed by atoms with E-state index in [1.54, 1.807) is 13.8 Å². The molecule has 8 nitrogen and oxygen atoms in total. The van der Waals surface area contributed by atoms with Gasteiger partial charge in [-0.05, 0) is 52.1 Å². The van der Waals surface area contributed by atoms with E-state index in [4.69, 9.17) is 4.52 Å². The first-order valence-electron chi connectivity index (χ1n) is 9.24. The van der Waals surface area contributed by atoms with Gasteiger partial charge in [0.2, 0.25) is 15.9 Å². The second-order valence-electron chi connectivity index (χ2n) is 7.60. The van der Waals surface area contributed by atoms with Gasteiger partial charge in [0, 0.05) is 6.04 Å². The van der Waals surface area contributed by atoms with Gasteiger partial charge in [0.15, 0.2) is 5.76 Å². The zero-order valence-corrected chi connectivity index (χ0v) is 17.6. The zero-order chi connectivity index (χ0) is 18.9. The predicted molar refractivity (Wildman–Crippen MR) is 103 cm³/mol. The largest absolute Gasteiger partial charge is 0.360 e. The van der Waals surface area contributed by atoms with Crippen LogP contribution in [0.3, 0.4) is 0 Å². The lowest BCUT2D eigenvalue weighted by Gasteiger charge is -2.35. The molecule has 2 fully saturated rings. The number of hydrogen-bond donors (Lipinski definition) is 3. The van der Waals surface area contributed by atoms with Gasteiger partial charge in [-0.3, -0.25) is 4.79 Å². The maximum atomic E-state index is 13.1. The first kappa shape index (κ1) is 22.1. The molecule has 154 valence electrons. The number of rotatable bonds is 5. The fourth-order valence-electron chi connectivity index (χ4n) is 4.06. The lowest BCUT2D eigenvalue weighted by atomic mass is 9.92. The maximum absolute atomic E-state index is 13.1. The van der Waals surface area contributed by atoms with E-state index in [9.17, 15) is 13.2 Å². The smallest absolute Gasteiger partial charge is 0.246 e. The Morgan fingerprint density at radius 3 is 2.52 bits per heavy atom. The molecule has 0 spiro atoms. The Labute approximate surface area is 166 Å². The van der Waals surface area contributed by atoms with E-state index in [-0.39, 0.29) is 35.0 Å². The molecule has 2 aliphatic rings. The van der Waals surface area contributed by atoms with Crippen molar-refractivity contribution in [2.45, 2.75) is 69.4 Å². The minimum Gasteiger partial charge on any atom is -0.360 e. The van der Waals surface area contributed by atoms with Gasteiger partial charge < -0.3 is 15.2 Å². The van der Waals surface area contributed by atoms with Gasteiger partial charge in [-0.15, -0.1) is 12.4 Å². The number of aromatic nitrogens is 1. The summed E-state index contributed by atoms with van der Waals surface area (Å²) in [4.78, 5) is 13.1. The topological polar surface area (TPSA) is 113 Å². The molecule has 1 aromatic heterocycles. The minimum absolute atomic E-state index is 0. The molecule has 2 heterocycles. The number of amides is 1. The number of carbonyl (C=O) groups excluding carboxylic acids is 1. The van der Waals surface area contributed by atoms with Gasteiger partial charge in [0.25, 0.3) is 0 Å². The molecule has 1 aliphatic heterocycles. The summed E-state index contributed by atoms with van der Waals surface area (Å²) in [6.45, 7) is 6.94. The molecule has 0 radical (unpaired) electrons. The average molecular weight is 421 g/mol. The minimum atomic E-state index is -3.90. The fraction of sp³-hybridized carbons (Fsp3) is 0.765. The van der Waals surface area contributed by atoms with E-state index in [0.29, 0.717) is 24.5 Å². The van der Waals surface area contributed by atoms with Crippen LogP contribution in [0.4, 0.5) is 0 Å². The highest BCUT2D eigenvalue weighted by atomic mass is 35.5. The molecule has 3 N–H and O–H groups in total. The van der Waals surface area contributed by atoms with Crippen LogP contribution in [0.1, 0.15) is 50.5 Å². The summed E-state index contributed by atoms with van der Waals surface area (Å²) < 4.78 is 33.6. The molecule has 1 aliphatic carbocycles. The van der Waals surface area contributed by atoms with Crippen molar-refractivity contribution in [1.29, 1.82) is 0 Å². The predicted octanol–water partition coefficient (Wildman–Crippen LogP) is 1.42. The Hall–Kier alpha value is -1.16. The summed E-state index contributed by atoms with van der Waals surface area (Å²) >= 11 is 0. The molecule has 0 bridgehead atoms. The van der Waals surface area contributed by atoms with Crippen LogP contribution < -0.4 is 15.4 Å². The first-order valence-corrected chi connectivity index (χ1v) is 10.7. The summed E-state index contributed by atoms with van der Waals surface area (Å²) in [5, 5.41) is 10.1. The van der Waals surface area contributed by atoms with E-state index < -0.39 is 15.6 Å². The summed E-state index contributed by atoms with van der Waals surface area (Å²) in [5.74, 6) is 0.324. The Morgan fingerprint density at radius 1 is 1.30 bits per heavy atom. The van der Waals surface area contributed by atoms with Crippen LogP contribution in [0.2, 0.25) is 0 Å². The van der Waals surface area contributed by atoms with Crippen molar-refractivity contribution in [3.05, 3.63) is 11.5 Å². The summed E-state index contributed by atoms with van der Waals surface area (Å²) in [6.07, 6.45) is 3.49. The Morgan fingerprint density at radius 2 is 1.96 bits per heavy atom. The molecule has 3 rings (SSSR count). The van der Waals surface area contributed by atoms with Crippen molar-refractivity contribution in [3.8, 4) is 0 Å². The van der Waals surface area contributed by atoms with Gasteiger partial charge in [0.1, 0.15) is 16.1 Å². The van der Waals surface area contributed by atoms with Gasteiger partial charge in [-0.1, -0.05) is 24.9 Å². The Bertz CT molecular complexity index is 754. The highest BCUT2D eigenvalue weighted by Crippen LogP contribution is 2.33. The average Bonchev–Trinajstić information content (AvgIpc) is 3.17. The van der Waals surface area contributed by atoms with Crippen molar-refractivity contribution < 1.29 is 17.7 Å². The molecule has 1 amide bonds. The summed E-state index contributed by atoms with van der Waals surface area (Å²) in [6, 6.07) is 0.0600. The molecule has 1 aromatic rings. The highest BCUT2D eigenvalue weighted by molar-refractivity contribution is 7.89. The van der Waals surface area contributed by atoms with Gasteiger partial charge in [0.05, 0.1) is 0 Å². The second-order valence-corrected chi connectivity index (χ2v) is 9.22. The lowest BCUT2D eigenvalue weighted by Crippen LogP contribution is -2.60. The standard InChI is InChI=1S/C17H28N4O4S.ClH/c1-11-10-18-9-6-14(11)19-16(22)17(7-4-5-8-17)21-26(23,24)15-12(2)20-25-13(15)3;/h11,14,18,21H,4-10H2,1-3H3,(H,19,22);1H. The number of hydrogen-bond acceptors (Lipinski definition) is 6. The monoisotopic (exact) mass is 420 g/mol. The number of carbonyl (C=O) groups is 1. The van der Waals surface area contributed by atoms with Gasteiger partial charge in [-0.25, -0.2) is 8.42 Å². The number of halogens is 1. The van der Waals surface area contributed by atoms with Crippen molar-refractivity contribution in [3.63, 3.8) is 0 Å². The summed E-state index contributed by atoms with van der Waals surface area (Å²) in [7, 11) is -3.90. The molecule has 1 saturated carbocycles. The van der Waals surface area contributed by atoms with Crippen LogP contribution in [0, 0.1) is 19.8 Å². The lowest BCUT2D eigenvalue weighted by molar-refractivity contribution is -0.128. The van der Waals surface area contributed by atoms with Crippen molar-refractivity contribution in [2.24, 2.45) is 5.92 Å². The number of aryl methyl sites for hydroxylation is 2. The van der Waals surface area contributed by atoms with Crippen molar-refractivity contribution >= 4 is 28.3 Å². The fourth-order valence-corrected chi connectivity index (χ4v) is 5.81. The number of nitrogens with zero attached hydrogens (tertiary/aromatic N) is 1. The number of nitrogens with one attached hydrogen (secondary N) is 3. The van der Waals surface area contributed by atoms with Crippen LogP contribution in [-0.2, 0) is 14.8 Å². The zero-order valence-electron chi connectivity index (χ0n) is 16.0. The molecule has 2 atom stereocenters. The molecule has 2 unspecified atom stereocenters. The van der Waals surface area contributed by atoms with Crippen LogP contribution in [0.5, 0.6) is 0 Å². The molecular formula is C17H29ClN4O4S. The van der Waals surface area contributed by atoms with Crippen LogP contribution >= 0.6 is 12.4 Å². The Kier molecular flexibility index (Phi) is 6.94. The van der Waals surface area contributed by atoms with Crippen molar-refractivity contribution in [1.82, 2.24) is 20.5 Å². The van der Waals surface area contributed by atoms with E-state index in [0.717, 1.165) is 32.4 Å².